The smallest absolute Gasteiger partial charge is 0.222 e. The molecule has 0 bridgehead atoms. The Balaban J connectivity index is 1.92. The number of nitrogens with zero attached hydrogens (tertiary/aromatic N) is 3. The molecule has 1 saturated carbocycles. The molecule has 7 heteroatoms. The Bertz CT molecular complexity index is 756. The van der Waals surface area contributed by atoms with E-state index in [-0.39, 0.29) is 5.25 Å². The molecular formula is C17H21Cl2N3OS. The van der Waals surface area contributed by atoms with Crippen LogP contribution in [0.25, 0.3) is 0 Å². The zero-order valence-corrected chi connectivity index (χ0v) is 16.2. The van der Waals surface area contributed by atoms with E-state index in [4.69, 9.17) is 23.2 Å². The van der Waals surface area contributed by atoms with Crippen LogP contribution in [0.15, 0.2) is 23.4 Å². The highest BCUT2D eigenvalue weighted by molar-refractivity contribution is 7.85. The molecule has 1 heterocycles. The summed E-state index contributed by atoms with van der Waals surface area (Å²) in [4.78, 5) is 0. The second-order valence-corrected chi connectivity index (χ2v) is 8.81. The summed E-state index contributed by atoms with van der Waals surface area (Å²) in [6.07, 6.45) is 5.87. The molecule has 0 aliphatic heterocycles. The Kier molecular flexibility index (Phi) is 5.63. The van der Waals surface area contributed by atoms with E-state index >= 15 is 0 Å². The van der Waals surface area contributed by atoms with Crippen molar-refractivity contribution in [3.05, 3.63) is 39.6 Å². The molecule has 2 atom stereocenters. The van der Waals surface area contributed by atoms with Crippen LogP contribution in [0.1, 0.15) is 61.7 Å². The number of halogens is 2. The van der Waals surface area contributed by atoms with Gasteiger partial charge in [-0.05, 0) is 44.4 Å². The van der Waals surface area contributed by atoms with E-state index in [1.807, 2.05) is 19.9 Å². The van der Waals surface area contributed by atoms with Crippen LogP contribution in [-0.2, 0) is 10.8 Å². The van der Waals surface area contributed by atoms with Crippen molar-refractivity contribution in [2.75, 3.05) is 0 Å². The van der Waals surface area contributed by atoms with Gasteiger partial charge in [0.2, 0.25) is 5.16 Å². The standard InChI is InChI=1S/C17H21Cl2N3OS/c1-11(15-9-8-13(18)10-16(15)19)24(23)17-21-20-12(2)22(17)14-6-4-3-5-7-14/h8-11,14H,3-7H2,1-2H3. The molecule has 24 heavy (non-hydrogen) atoms. The maximum Gasteiger partial charge on any atom is 0.222 e. The van der Waals surface area contributed by atoms with Crippen molar-refractivity contribution in [2.45, 2.75) is 62.4 Å². The van der Waals surface area contributed by atoms with Gasteiger partial charge in [-0.15, -0.1) is 10.2 Å². The van der Waals surface area contributed by atoms with E-state index < -0.39 is 10.8 Å². The fraction of sp³-hybridized carbons (Fsp3) is 0.529. The monoisotopic (exact) mass is 385 g/mol. The van der Waals surface area contributed by atoms with Crippen LogP contribution < -0.4 is 0 Å². The summed E-state index contributed by atoms with van der Waals surface area (Å²) >= 11 is 12.2. The third kappa shape index (κ3) is 3.53. The van der Waals surface area contributed by atoms with Gasteiger partial charge in [-0.2, -0.15) is 0 Å². The van der Waals surface area contributed by atoms with Gasteiger partial charge in [0.15, 0.2) is 0 Å². The minimum atomic E-state index is -1.33. The van der Waals surface area contributed by atoms with E-state index in [2.05, 4.69) is 14.8 Å². The van der Waals surface area contributed by atoms with Gasteiger partial charge in [0.05, 0.1) is 16.0 Å². The average molecular weight is 386 g/mol. The van der Waals surface area contributed by atoms with Crippen molar-refractivity contribution >= 4 is 34.0 Å². The molecule has 3 rings (SSSR count). The maximum atomic E-state index is 13.2. The minimum absolute atomic E-state index is 0.277. The van der Waals surface area contributed by atoms with Crippen LogP contribution in [0.3, 0.4) is 0 Å². The summed E-state index contributed by atoms with van der Waals surface area (Å²) in [6.45, 7) is 3.84. The van der Waals surface area contributed by atoms with Gasteiger partial charge in [0, 0.05) is 16.1 Å². The zero-order chi connectivity index (χ0) is 17.3. The van der Waals surface area contributed by atoms with E-state index in [0.29, 0.717) is 21.2 Å². The first-order valence-electron chi connectivity index (χ1n) is 8.26. The van der Waals surface area contributed by atoms with Crippen molar-refractivity contribution in [1.82, 2.24) is 14.8 Å². The molecular weight excluding hydrogens is 365 g/mol. The lowest BCUT2D eigenvalue weighted by Gasteiger charge is -2.25. The van der Waals surface area contributed by atoms with Gasteiger partial charge >= 0.3 is 0 Å². The van der Waals surface area contributed by atoms with Crippen molar-refractivity contribution in [2.24, 2.45) is 0 Å². The zero-order valence-electron chi connectivity index (χ0n) is 13.8. The number of rotatable bonds is 4. The highest BCUT2D eigenvalue weighted by atomic mass is 35.5. The lowest BCUT2D eigenvalue weighted by atomic mass is 9.95. The number of aromatic nitrogens is 3. The van der Waals surface area contributed by atoms with Gasteiger partial charge in [0.1, 0.15) is 5.82 Å². The van der Waals surface area contributed by atoms with Crippen molar-refractivity contribution < 1.29 is 4.21 Å². The molecule has 1 aromatic heterocycles. The van der Waals surface area contributed by atoms with Gasteiger partial charge < -0.3 is 4.57 Å². The molecule has 0 spiro atoms. The number of hydrogen-bond donors (Lipinski definition) is 0. The third-order valence-corrected chi connectivity index (χ3v) is 6.77. The number of benzene rings is 1. The van der Waals surface area contributed by atoms with Gasteiger partial charge in [-0.25, -0.2) is 0 Å². The van der Waals surface area contributed by atoms with Gasteiger partial charge in [-0.1, -0.05) is 48.5 Å². The normalized spacial score (nSPS) is 18.5. The third-order valence-electron chi connectivity index (χ3n) is 4.68. The Labute approximate surface area is 155 Å². The topological polar surface area (TPSA) is 47.8 Å². The van der Waals surface area contributed by atoms with Crippen LogP contribution in [0.4, 0.5) is 0 Å². The van der Waals surface area contributed by atoms with Crippen molar-refractivity contribution in [1.29, 1.82) is 0 Å². The van der Waals surface area contributed by atoms with Crippen LogP contribution in [-0.4, -0.2) is 19.0 Å². The van der Waals surface area contributed by atoms with Crippen LogP contribution in [0.2, 0.25) is 10.0 Å². The van der Waals surface area contributed by atoms with Crippen molar-refractivity contribution in [3.8, 4) is 0 Å². The average Bonchev–Trinajstić information content (AvgIpc) is 2.96. The molecule has 1 fully saturated rings. The van der Waals surface area contributed by atoms with E-state index in [9.17, 15) is 4.21 Å². The molecule has 0 amide bonds. The fourth-order valence-electron chi connectivity index (χ4n) is 3.35. The predicted octanol–water partition coefficient (Wildman–Crippen LogP) is 5.27. The summed E-state index contributed by atoms with van der Waals surface area (Å²) in [6, 6.07) is 5.64. The molecule has 130 valence electrons. The number of hydrogen-bond acceptors (Lipinski definition) is 3. The second-order valence-electron chi connectivity index (χ2n) is 6.30. The van der Waals surface area contributed by atoms with Gasteiger partial charge in [-0.3, -0.25) is 4.21 Å². The Hall–Kier alpha value is -0.910. The highest BCUT2D eigenvalue weighted by Crippen LogP contribution is 2.35. The lowest BCUT2D eigenvalue weighted by molar-refractivity contribution is 0.330. The van der Waals surface area contributed by atoms with Gasteiger partial charge in [0.25, 0.3) is 0 Å². The SMILES string of the molecule is Cc1nnc(S(=O)C(C)c2ccc(Cl)cc2Cl)n1C1CCCCC1. The molecule has 1 aliphatic carbocycles. The first-order valence-corrected chi connectivity index (χ1v) is 10.2. The maximum absolute atomic E-state index is 13.2. The largest absolute Gasteiger partial charge is 0.301 e. The Morgan fingerprint density at radius 2 is 1.92 bits per heavy atom. The van der Waals surface area contributed by atoms with Crippen LogP contribution >= 0.6 is 23.2 Å². The predicted molar refractivity (Wildman–Crippen MR) is 98.2 cm³/mol. The van der Waals surface area contributed by atoms with E-state index in [0.717, 1.165) is 24.2 Å². The number of aryl methyl sites for hydroxylation is 1. The van der Waals surface area contributed by atoms with E-state index in [1.54, 1.807) is 12.1 Å². The molecule has 2 unspecified atom stereocenters. The molecule has 1 aliphatic rings. The van der Waals surface area contributed by atoms with Crippen LogP contribution in [0, 0.1) is 6.92 Å². The second kappa shape index (κ2) is 7.54. The molecule has 2 aromatic rings. The quantitative estimate of drug-likeness (QED) is 0.720. The molecule has 0 saturated heterocycles. The highest BCUT2D eigenvalue weighted by Gasteiger charge is 2.28. The first-order chi connectivity index (χ1) is 11.5. The fourth-order valence-corrected chi connectivity index (χ4v) is 5.34. The minimum Gasteiger partial charge on any atom is -0.301 e. The first kappa shape index (κ1) is 17.9. The molecule has 4 nitrogen and oxygen atoms in total. The Morgan fingerprint density at radius 3 is 2.58 bits per heavy atom. The summed E-state index contributed by atoms with van der Waals surface area (Å²) in [5.74, 6) is 0.833. The molecule has 1 aromatic carbocycles. The summed E-state index contributed by atoms with van der Waals surface area (Å²) in [5.41, 5.74) is 0.815. The van der Waals surface area contributed by atoms with Crippen molar-refractivity contribution in [3.63, 3.8) is 0 Å². The molecule has 0 radical (unpaired) electrons. The van der Waals surface area contributed by atoms with E-state index in [1.165, 1.54) is 19.3 Å². The van der Waals surface area contributed by atoms with Crippen LogP contribution in [0.5, 0.6) is 0 Å². The lowest BCUT2D eigenvalue weighted by Crippen LogP contribution is -2.19. The summed E-state index contributed by atoms with van der Waals surface area (Å²) < 4.78 is 15.2. The molecule has 0 N–H and O–H groups in total. The summed E-state index contributed by atoms with van der Waals surface area (Å²) in [7, 11) is -1.33. The summed E-state index contributed by atoms with van der Waals surface area (Å²) in [5, 5.41) is 9.80. The Morgan fingerprint density at radius 1 is 1.21 bits per heavy atom.